The van der Waals surface area contributed by atoms with E-state index in [9.17, 15) is 4.79 Å². The molecule has 0 spiro atoms. The van der Waals surface area contributed by atoms with Gasteiger partial charge >= 0.3 is 0 Å². The number of amides is 1. The number of hydrogen-bond acceptors (Lipinski definition) is 4. The van der Waals surface area contributed by atoms with Crippen LogP contribution in [-0.2, 0) is 4.79 Å². The Hall–Kier alpha value is -1.59. The highest BCUT2D eigenvalue weighted by molar-refractivity contribution is 5.97. The van der Waals surface area contributed by atoms with Crippen molar-refractivity contribution in [3.63, 3.8) is 0 Å². The Balaban J connectivity index is 2.26. The summed E-state index contributed by atoms with van der Waals surface area (Å²) in [6.07, 6.45) is 0.931. The normalized spacial score (nSPS) is 20.5. The number of carbonyl (C=O) groups excluding carboxylic acids is 1. The van der Waals surface area contributed by atoms with Crippen LogP contribution in [0.1, 0.15) is 27.2 Å². The molecule has 0 radical (unpaired) electrons. The second-order valence-electron chi connectivity index (χ2n) is 6.33. The highest BCUT2D eigenvalue weighted by atomic mass is 16.2. The van der Waals surface area contributed by atoms with Gasteiger partial charge in [0.25, 0.3) is 0 Å². The summed E-state index contributed by atoms with van der Waals surface area (Å²) in [5.74, 6) is 0.0975. The fourth-order valence-electron chi connectivity index (χ4n) is 3.32. The van der Waals surface area contributed by atoms with Gasteiger partial charge in [0.05, 0.1) is 17.4 Å². The lowest BCUT2D eigenvalue weighted by atomic mass is 10.0. The zero-order chi connectivity index (χ0) is 16.3. The smallest absolute Gasteiger partial charge is 0.224 e. The summed E-state index contributed by atoms with van der Waals surface area (Å²) >= 11 is 0. The molecule has 2 unspecified atom stereocenters. The lowest BCUT2D eigenvalue weighted by molar-refractivity contribution is -0.117. The molecule has 0 aliphatic carbocycles. The van der Waals surface area contributed by atoms with Crippen LogP contribution in [0.4, 0.5) is 11.4 Å². The molecule has 0 saturated heterocycles. The van der Waals surface area contributed by atoms with Crippen LogP contribution in [0.15, 0.2) is 24.3 Å². The van der Waals surface area contributed by atoms with Gasteiger partial charge in [0, 0.05) is 32.1 Å². The molecule has 1 aromatic carbocycles. The van der Waals surface area contributed by atoms with E-state index in [1.165, 1.54) is 0 Å². The number of nitrogens with two attached hydrogens (primary N) is 1. The van der Waals surface area contributed by atoms with E-state index in [0.717, 1.165) is 30.9 Å². The SMILES string of the molecule is CNC(CC(C)N)CN1C[C@H](C)N(C(C)=O)c2ccccc21. The molecule has 3 N–H and O–H groups in total. The minimum atomic E-state index is 0.0975. The molecule has 5 nitrogen and oxygen atoms in total. The van der Waals surface area contributed by atoms with Gasteiger partial charge in [-0.3, -0.25) is 4.79 Å². The Bertz CT molecular complexity index is 517. The van der Waals surface area contributed by atoms with Gasteiger partial charge in [-0.05, 0) is 39.4 Å². The maximum atomic E-state index is 12.0. The standard InChI is InChI=1S/C17H28N4O/c1-12(18)9-15(19-4)11-20-10-13(2)21(14(3)22)17-8-6-5-7-16(17)20/h5-8,12-13,15,19H,9-11,18H2,1-4H3/t12?,13-,15?/m0/s1. The van der Waals surface area contributed by atoms with E-state index in [-0.39, 0.29) is 18.0 Å². The van der Waals surface area contributed by atoms with Gasteiger partial charge in [0.15, 0.2) is 0 Å². The largest absolute Gasteiger partial charge is 0.366 e. The molecule has 0 bridgehead atoms. The average Bonchev–Trinajstić information content (AvgIpc) is 2.45. The monoisotopic (exact) mass is 304 g/mol. The number of nitrogens with one attached hydrogen (secondary N) is 1. The van der Waals surface area contributed by atoms with E-state index in [2.05, 4.69) is 23.2 Å². The van der Waals surface area contributed by atoms with Crippen molar-refractivity contribution in [3.8, 4) is 0 Å². The van der Waals surface area contributed by atoms with E-state index >= 15 is 0 Å². The Labute approximate surface area is 133 Å². The summed E-state index contributed by atoms with van der Waals surface area (Å²) in [6.45, 7) is 7.51. The molecule has 122 valence electrons. The second-order valence-corrected chi connectivity index (χ2v) is 6.33. The van der Waals surface area contributed by atoms with Crippen LogP contribution in [0.3, 0.4) is 0 Å². The first-order valence-electron chi connectivity index (χ1n) is 8.00. The molecule has 1 aliphatic heterocycles. The van der Waals surface area contributed by atoms with E-state index in [0.29, 0.717) is 6.04 Å². The van der Waals surface area contributed by atoms with Crippen molar-refractivity contribution in [2.45, 2.75) is 45.3 Å². The van der Waals surface area contributed by atoms with Crippen LogP contribution in [-0.4, -0.2) is 44.2 Å². The molecule has 0 aromatic heterocycles. The van der Waals surface area contributed by atoms with Gasteiger partial charge in [0.1, 0.15) is 0 Å². The topological polar surface area (TPSA) is 61.6 Å². The van der Waals surface area contributed by atoms with Gasteiger partial charge in [-0.1, -0.05) is 12.1 Å². The number of nitrogens with zero attached hydrogens (tertiary/aromatic N) is 2. The molecule has 1 heterocycles. The van der Waals surface area contributed by atoms with E-state index in [1.54, 1.807) is 6.92 Å². The molecule has 1 amide bonds. The molecule has 3 atom stereocenters. The summed E-state index contributed by atoms with van der Waals surface area (Å²) in [7, 11) is 1.98. The zero-order valence-electron chi connectivity index (χ0n) is 14.0. The molecular weight excluding hydrogens is 276 g/mol. The first kappa shape index (κ1) is 16.8. The first-order chi connectivity index (χ1) is 10.4. The van der Waals surface area contributed by atoms with Crippen LogP contribution in [0.25, 0.3) is 0 Å². The molecule has 0 saturated carbocycles. The Morgan fingerprint density at radius 1 is 1.41 bits per heavy atom. The Morgan fingerprint density at radius 3 is 2.59 bits per heavy atom. The van der Waals surface area contributed by atoms with Crippen molar-refractivity contribution < 1.29 is 4.79 Å². The maximum absolute atomic E-state index is 12.0. The number of rotatable bonds is 5. The third-order valence-corrected chi connectivity index (χ3v) is 4.25. The molecule has 22 heavy (non-hydrogen) atoms. The lowest BCUT2D eigenvalue weighted by Crippen LogP contribution is -2.53. The van der Waals surface area contributed by atoms with Crippen LogP contribution >= 0.6 is 0 Å². The average molecular weight is 304 g/mol. The van der Waals surface area contributed by atoms with E-state index in [1.807, 2.05) is 37.1 Å². The van der Waals surface area contributed by atoms with Crippen LogP contribution in [0.5, 0.6) is 0 Å². The van der Waals surface area contributed by atoms with Gasteiger partial charge in [-0.2, -0.15) is 0 Å². The second kappa shape index (κ2) is 7.11. The van der Waals surface area contributed by atoms with E-state index in [4.69, 9.17) is 5.73 Å². The van der Waals surface area contributed by atoms with Crippen molar-refractivity contribution in [3.05, 3.63) is 24.3 Å². The number of fused-ring (bicyclic) bond motifs is 1. The van der Waals surface area contributed by atoms with Gasteiger partial charge < -0.3 is 20.9 Å². The fourth-order valence-corrected chi connectivity index (χ4v) is 3.32. The quantitative estimate of drug-likeness (QED) is 0.867. The summed E-state index contributed by atoms with van der Waals surface area (Å²) in [5, 5.41) is 3.36. The zero-order valence-corrected chi connectivity index (χ0v) is 14.0. The minimum Gasteiger partial charge on any atom is -0.366 e. The molecule has 1 aliphatic rings. The number of anilines is 2. The highest BCUT2D eigenvalue weighted by Crippen LogP contribution is 2.35. The highest BCUT2D eigenvalue weighted by Gasteiger charge is 2.31. The van der Waals surface area contributed by atoms with Crippen molar-refractivity contribution >= 4 is 17.3 Å². The predicted octanol–water partition coefficient (Wildman–Crippen LogP) is 1.57. The minimum absolute atomic E-state index is 0.0975. The third kappa shape index (κ3) is 3.59. The molecule has 2 rings (SSSR count). The van der Waals surface area contributed by atoms with Crippen molar-refractivity contribution in [2.24, 2.45) is 5.73 Å². The number of benzene rings is 1. The summed E-state index contributed by atoms with van der Waals surface area (Å²) in [6, 6.07) is 8.81. The molecule has 1 aromatic rings. The van der Waals surface area contributed by atoms with Crippen LogP contribution in [0, 0.1) is 0 Å². The fraction of sp³-hybridized carbons (Fsp3) is 0.588. The Morgan fingerprint density at radius 2 is 2.05 bits per heavy atom. The van der Waals surface area contributed by atoms with Gasteiger partial charge in [-0.25, -0.2) is 0 Å². The van der Waals surface area contributed by atoms with Gasteiger partial charge in [-0.15, -0.1) is 0 Å². The lowest BCUT2D eigenvalue weighted by Gasteiger charge is -2.43. The van der Waals surface area contributed by atoms with Crippen molar-refractivity contribution in [1.82, 2.24) is 5.32 Å². The first-order valence-corrected chi connectivity index (χ1v) is 8.00. The Kier molecular flexibility index (Phi) is 5.42. The van der Waals surface area contributed by atoms with Crippen LogP contribution in [0.2, 0.25) is 0 Å². The number of carbonyl (C=O) groups is 1. The van der Waals surface area contributed by atoms with Crippen molar-refractivity contribution in [2.75, 3.05) is 29.9 Å². The summed E-state index contributed by atoms with van der Waals surface area (Å²) in [5.41, 5.74) is 8.08. The van der Waals surface area contributed by atoms with Crippen LogP contribution < -0.4 is 20.9 Å². The predicted molar refractivity (Wildman–Crippen MR) is 92.4 cm³/mol. The number of hydrogen-bond donors (Lipinski definition) is 2. The molecule has 0 fully saturated rings. The maximum Gasteiger partial charge on any atom is 0.224 e. The number of likely N-dealkylation sites (N-methyl/N-ethyl adjacent to an activating group) is 1. The third-order valence-electron chi connectivity index (χ3n) is 4.25. The number of para-hydroxylation sites is 2. The van der Waals surface area contributed by atoms with Gasteiger partial charge in [0.2, 0.25) is 5.91 Å². The summed E-state index contributed by atoms with van der Waals surface area (Å²) < 4.78 is 0. The van der Waals surface area contributed by atoms with E-state index < -0.39 is 0 Å². The molecular formula is C17H28N4O. The molecule has 5 heteroatoms. The summed E-state index contributed by atoms with van der Waals surface area (Å²) in [4.78, 5) is 16.2. The van der Waals surface area contributed by atoms with Crippen molar-refractivity contribution in [1.29, 1.82) is 0 Å².